The van der Waals surface area contributed by atoms with Gasteiger partial charge in [0.2, 0.25) is 0 Å². The fourth-order valence-corrected chi connectivity index (χ4v) is 1.89. The van der Waals surface area contributed by atoms with E-state index in [1.54, 1.807) is 0 Å². The van der Waals surface area contributed by atoms with Crippen LogP contribution in [0.25, 0.3) is 0 Å². The highest BCUT2D eigenvalue weighted by molar-refractivity contribution is 4.95. The van der Waals surface area contributed by atoms with Crippen LogP contribution in [-0.4, -0.2) is 29.3 Å². The van der Waals surface area contributed by atoms with E-state index in [0.717, 1.165) is 18.3 Å². The zero-order valence-corrected chi connectivity index (χ0v) is 8.62. The highest BCUT2D eigenvalue weighted by Crippen LogP contribution is 2.41. The normalized spacial score (nSPS) is 31.2. The lowest BCUT2D eigenvalue weighted by atomic mass is 10.1. The number of hydrogen-bond donors (Lipinski definition) is 1. The summed E-state index contributed by atoms with van der Waals surface area (Å²) in [4.78, 5) is 2.12. The van der Waals surface area contributed by atoms with E-state index in [0.29, 0.717) is 6.04 Å². The molecule has 0 radical (unpaired) electrons. The Hall–Kier alpha value is -0.0800. The van der Waals surface area contributed by atoms with Crippen LogP contribution in [0.1, 0.15) is 33.6 Å². The second kappa shape index (κ2) is 3.75. The Morgan fingerprint density at radius 1 is 1.50 bits per heavy atom. The zero-order chi connectivity index (χ0) is 9.30. The van der Waals surface area contributed by atoms with Crippen molar-refractivity contribution in [3.05, 3.63) is 0 Å². The van der Waals surface area contributed by atoms with E-state index in [4.69, 9.17) is 0 Å². The summed E-state index contributed by atoms with van der Waals surface area (Å²) in [5.74, 6) is 1.58. The summed E-state index contributed by atoms with van der Waals surface area (Å²) in [5.41, 5.74) is 0. The molecule has 0 bridgehead atoms. The Kier molecular flexibility index (Phi) is 3.13. The highest BCUT2D eigenvalue weighted by Gasteiger charge is 2.43. The lowest BCUT2D eigenvalue weighted by molar-refractivity contribution is 0.00959. The third-order valence-electron chi connectivity index (χ3n) is 3.02. The molecule has 3 unspecified atom stereocenters. The Balaban J connectivity index is 2.32. The lowest BCUT2D eigenvalue weighted by Gasteiger charge is -2.23. The molecular weight excluding hydrogens is 150 g/mol. The van der Waals surface area contributed by atoms with E-state index in [1.807, 2.05) is 14.0 Å². The van der Waals surface area contributed by atoms with Gasteiger partial charge >= 0.3 is 0 Å². The van der Waals surface area contributed by atoms with E-state index in [-0.39, 0.29) is 6.23 Å². The minimum absolute atomic E-state index is 0.237. The van der Waals surface area contributed by atoms with Crippen molar-refractivity contribution in [3.8, 4) is 0 Å². The van der Waals surface area contributed by atoms with E-state index in [2.05, 4.69) is 18.7 Å². The molecule has 0 heterocycles. The first-order valence-corrected chi connectivity index (χ1v) is 4.98. The Bertz CT molecular complexity index is 147. The number of hydrogen-bond acceptors (Lipinski definition) is 2. The summed E-state index contributed by atoms with van der Waals surface area (Å²) < 4.78 is 0. The summed E-state index contributed by atoms with van der Waals surface area (Å²) in [6.07, 6.45) is 1.86. The molecule has 3 atom stereocenters. The molecule has 72 valence electrons. The third-order valence-corrected chi connectivity index (χ3v) is 3.02. The summed E-state index contributed by atoms with van der Waals surface area (Å²) in [7, 11) is 2.03. The SMILES string of the molecule is CCC(O)N(C)C1CC1C(C)C. The fourth-order valence-electron chi connectivity index (χ4n) is 1.89. The average Bonchev–Trinajstić information content (AvgIpc) is 2.80. The first-order chi connectivity index (χ1) is 5.57. The van der Waals surface area contributed by atoms with E-state index >= 15 is 0 Å². The Morgan fingerprint density at radius 3 is 2.42 bits per heavy atom. The Labute approximate surface area is 75.6 Å². The van der Waals surface area contributed by atoms with Crippen LogP contribution in [0.3, 0.4) is 0 Å². The second-order valence-electron chi connectivity index (χ2n) is 4.27. The van der Waals surface area contributed by atoms with Crippen molar-refractivity contribution in [3.63, 3.8) is 0 Å². The molecule has 1 N–H and O–H groups in total. The topological polar surface area (TPSA) is 23.5 Å². The van der Waals surface area contributed by atoms with E-state index < -0.39 is 0 Å². The minimum Gasteiger partial charge on any atom is -0.378 e. The smallest absolute Gasteiger partial charge is 0.107 e. The molecule has 2 nitrogen and oxygen atoms in total. The van der Waals surface area contributed by atoms with Crippen LogP contribution in [0.5, 0.6) is 0 Å². The fraction of sp³-hybridized carbons (Fsp3) is 1.00. The second-order valence-corrected chi connectivity index (χ2v) is 4.27. The average molecular weight is 171 g/mol. The van der Waals surface area contributed by atoms with Gasteiger partial charge in [0.25, 0.3) is 0 Å². The number of aliphatic hydroxyl groups excluding tert-OH is 1. The van der Waals surface area contributed by atoms with Crippen molar-refractivity contribution in [2.45, 2.75) is 45.9 Å². The van der Waals surface area contributed by atoms with Gasteiger partial charge < -0.3 is 5.11 Å². The standard InChI is InChI=1S/C10H21NO/c1-5-10(12)11(4)9-6-8(9)7(2)3/h7-10,12H,5-6H2,1-4H3. The van der Waals surface area contributed by atoms with Crippen LogP contribution >= 0.6 is 0 Å². The largest absolute Gasteiger partial charge is 0.378 e. The van der Waals surface area contributed by atoms with Gasteiger partial charge in [-0.2, -0.15) is 0 Å². The van der Waals surface area contributed by atoms with Crippen molar-refractivity contribution in [2.75, 3.05) is 7.05 Å². The van der Waals surface area contributed by atoms with Crippen LogP contribution < -0.4 is 0 Å². The molecule has 2 heteroatoms. The number of rotatable bonds is 4. The molecule has 12 heavy (non-hydrogen) atoms. The molecule has 0 spiro atoms. The van der Waals surface area contributed by atoms with Crippen molar-refractivity contribution in [2.24, 2.45) is 11.8 Å². The summed E-state index contributed by atoms with van der Waals surface area (Å²) in [6, 6.07) is 0.639. The summed E-state index contributed by atoms with van der Waals surface area (Å²) in [6.45, 7) is 6.54. The van der Waals surface area contributed by atoms with E-state index in [1.165, 1.54) is 6.42 Å². The molecule has 1 fully saturated rings. The number of nitrogens with zero attached hydrogens (tertiary/aromatic N) is 1. The molecule has 0 amide bonds. The predicted octanol–water partition coefficient (Wildman–Crippen LogP) is 1.69. The van der Waals surface area contributed by atoms with Crippen molar-refractivity contribution in [1.82, 2.24) is 4.90 Å². The maximum atomic E-state index is 9.56. The van der Waals surface area contributed by atoms with Gasteiger partial charge in [0.15, 0.2) is 0 Å². The van der Waals surface area contributed by atoms with Crippen molar-refractivity contribution < 1.29 is 5.11 Å². The van der Waals surface area contributed by atoms with Crippen LogP contribution in [0.2, 0.25) is 0 Å². The molecule has 1 aliphatic rings. The predicted molar refractivity (Wildman–Crippen MR) is 50.8 cm³/mol. The van der Waals surface area contributed by atoms with Gasteiger partial charge in [0.05, 0.1) is 0 Å². The Morgan fingerprint density at radius 2 is 2.08 bits per heavy atom. The minimum atomic E-state index is -0.237. The van der Waals surface area contributed by atoms with Gasteiger partial charge in [-0.3, -0.25) is 4.90 Å². The molecule has 0 aliphatic heterocycles. The van der Waals surface area contributed by atoms with Gasteiger partial charge in [-0.05, 0) is 31.7 Å². The summed E-state index contributed by atoms with van der Waals surface area (Å²) in [5, 5.41) is 9.56. The third kappa shape index (κ3) is 1.99. The molecule has 0 aromatic carbocycles. The maximum Gasteiger partial charge on any atom is 0.107 e. The summed E-state index contributed by atoms with van der Waals surface area (Å²) >= 11 is 0. The first-order valence-electron chi connectivity index (χ1n) is 4.98. The molecule has 0 saturated heterocycles. The van der Waals surface area contributed by atoms with Gasteiger partial charge in [-0.1, -0.05) is 20.8 Å². The maximum absolute atomic E-state index is 9.56. The number of aliphatic hydroxyl groups is 1. The highest BCUT2D eigenvalue weighted by atomic mass is 16.3. The van der Waals surface area contributed by atoms with Crippen molar-refractivity contribution in [1.29, 1.82) is 0 Å². The van der Waals surface area contributed by atoms with Crippen LogP contribution in [-0.2, 0) is 0 Å². The lowest BCUT2D eigenvalue weighted by Crippen LogP contribution is -2.34. The van der Waals surface area contributed by atoms with E-state index in [9.17, 15) is 5.11 Å². The zero-order valence-electron chi connectivity index (χ0n) is 8.62. The van der Waals surface area contributed by atoms with Gasteiger partial charge in [0.1, 0.15) is 6.23 Å². The van der Waals surface area contributed by atoms with Gasteiger partial charge in [-0.15, -0.1) is 0 Å². The monoisotopic (exact) mass is 171 g/mol. The molecule has 0 aromatic rings. The van der Waals surface area contributed by atoms with Crippen LogP contribution in [0.15, 0.2) is 0 Å². The van der Waals surface area contributed by atoms with Gasteiger partial charge in [0, 0.05) is 6.04 Å². The quantitative estimate of drug-likeness (QED) is 0.651. The molecule has 1 aliphatic carbocycles. The molecule has 1 rings (SSSR count). The van der Waals surface area contributed by atoms with Gasteiger partial charge in [-0.25, -0.2) is 0 Å². The molecular formula is C10H21NO. The van der Waals surface area contributed by atoms with Crippen LogP contribution in [0, 0.1) is 11.8 Å². The van der Waals surface area contributed by atoms with Crippen molar-refractivity contribution >= 4 is 0 Å². The van der Waals surface area contributed by atoms with Crippen LogP contribution in [0.4, 0.5) is 0 Å². The first kappa shape index (κ1) is 10.0. The molecule has 0 aromatic heterocycles. The molecule has 1 saturated carbocycles.